The number of nitrogens with zero attached hydrogens (tertiary/aromatic N) is 1. The van der Waals surface area contributed by atoms with E-state index < -0.39 is 0 Å². The maximum atomic E-state index is 4.90. The van der Waals surface area contributed by atoms with Gasteiger partial charge in [0.25, 0.3) is 0 Å². The molecule has 0 spiro atoms. The predicted octanol–water partition coefficient (Wildman–Crippen LogP) is 0.798. The van der Waals surface area contributed by atoms with Crippen LogP contribution < -0.4 is 0 Å². The van der Waals surface area contributed by atoms with E-state index >= 15 is 0 Å². The molecule has 0 aromatic heterocycles. The van der Waals surface area contributed by atoms with Crippen molar-refractivity contribution in [2.24, 2.45) is 5.16 Å². The van der Waals surface area contributed by atoms with Crippen LogP contribution in [0.1, 0.15) is 13.8 Å². The predicted molar refractivity (Wildman–Crippen MR) is 34.5 cm³/mol. The van der Waals surface area contributed by atoms with Crippen molar-refractivity contribution in [3.63, 3.8) is 0 Å². The van der Waals surface area contributed by atoms with Gasteiger partial charge >= 0.3 is 0 Å². The van der Waals surface area contributed by atoms with Crippen LogP contribution in [0.4, 0.5) is 0 Å². The molecule has 0 N–H and O–H groups in total. The molecule has 1 aliphatic heterocycles. The van der Waals surface area contributed by atoms with Gasteiger partial charge in [0.05, 0.1) is 12.3 Å². The topological polar surface area (TPSA) is 34.1 Å². The Morgan fingerprint density at radius 1 is 1.78 bits per heavy atom. The van der Waals surface area contributed by atoms with E-state index in [0.29, 0.717) is 12.7 Å². The summed E-state index contributed by atoms with van der Waals surface area (Å²) in [4.78, 5) is 4.88. The first-order valence-corrected chi connectivity index (χ1v) is 3.04. The summed E-state index contributed by atoms with van der Waals surface area (Å²) < 4.78 is 4.90. The molecule has 0 bridgehead atoms. The van der Waals surface area contributed by atoms with Crippen LogP contribution in [-0.2, 0) is 9.57 Å². The number of oxime groups is 1. The van der Waals surface area contributed by atoms with Crippen LogP contribution in [0, 0.1) is 0 Å². The van der Waals surface area contributed by atoms with Crippen LogP contribution in [0.2, 0.25) is 0 Å². The Balaban J connectivity index is 1.97. The molecule has 0 aromatic carbocycles. The molecule has 0 radical (unpaired) electrons. The lowest BCUT2D eigenvalue weighted by molar-refractivity contribution is 0.124. The van der Waals surface area contributed by atoms with Crippen molar-refractivity contribution in [2.75, 3.05) is 13.2 Å². The van der Waals surface area contributed by atoms with Crippen molar-refractivity contribution in [1.82, 2.24) is 0 Å². The van der Waals surface area contributed by atoms with Crippen LogP contribution in [-0.4, -0.2) is 25.0 Å². The van der Waals surface area contributed by atoms with Gasteiger partial charge in [0.15, 0.2) is 0 Å². The first-order valence-electron chi connectivity index (χ1n) is 3.04. The zero-order valence-corrected chi connectivity index (χ0v) is 5.76. The molecule has 0 aliphatic carbocycles. The molecule has 1 heterocycles. The smallest absolute Gasteiger partial charge is 0.145 e. The average Bonchev–Trinajstić information content (AvgIpc) is 2.48. The van der Waals surface area contributed by atoms with E-state index in [2.05, 4.69) is 5.16 Å². The molecule has 0 unspecified atom stereocenters. The zero-order chi connectivity index (χ0) is 6.69. The molecule has 0 saturated carbocycles. The van der Waals surface area contributed by atoms with Gasteiger partial charge in [-0.15, -0.1) is 0 Å². The second-order valence-corrected chi connectivity index (χ2v) is 2.29. The van der Waals surface area contributed by atoms with Crippen LogP contribution in [0.15, 0.2) is 5.16 Å². The third-order valence-electron chi connectivity index (χ3n) is 0.910. The summed E-state index contributed by atoms with van der Waals surface area (Å²) in [6.07, 6.45) is 0.313. The van der Waals surface area contributed by atoms with E-state index in [-0.39, 0.29) is 0 Å². The second kappa shape index (κ2) is 2.82. The SMILES string of the molecule is CC(C)=NOC[C@H]1CO1. The highest BCUT2D eigenvalue weighted by molar-refractivity contribution is 5.78. The Kier molecular flexibility index (Phi) is 2.05. The molecule has 0 amide bonds. The average molecular weight is 129 g/mol. The molecular weight excluding hydrogens is 118 g/mol. The Morgan fingerprint density at radius 3 is 2.89 bits per heavy atom. The first kappa shape index (κ1) is 6.55. The van der Waals surface area contributed by atoms with Gasteiger partial charge in [0, 0.05) is 0 Å². The van der Waals surface area contributed by atoms with Gasteiger partial charge in [-0.1, -0.05) is 5.16 Å². The van der Waals surface area contributed by atoms with Gasteiger partial charge < -0.3 is 9.57 Å². The number of hydrogen-bond acceptors (Lipinski definition) is 3. The summed E-state index contributed by atoms with van der Waals surface area (Å²) in [6.45, 7) is 5.23. The van der Waals surface area contributed by atoms with E-state index in [4.69, 9.17) is 9.57 Å². The van der Waals surface area contributed by atoms with E-state index in [0.717, 1.165) is 12.3 Å². The molecule has 1 rings (SSSR count). The molecule has 1 atom stereocenters. The summed E-state index contributed by atoms with van der Waals surface area (Å²) >= 11 is 0. The standard InChI is InChI=1S/C6H11NO2/c1-5(2)7-9-4-6-3-8-6/h6H,3-4H2,1-2H3/t6-/m1/s1. The minimum absolute atomic E-state index is 0.313. The largest absolute Gasteiger partial charge is 0.393 e. The first-order chi connectivity index (χ1) is 4.29. The number of rotatable bonds is 3. The van der Waals surface area contributed by atoms with Gasteiger partial charge in [0.2, 0.25) is 0 Å². The molecule has 1 aliphatic rings. The lowest BCUT2D eigenvalue weighted by Crippen LogP contribution is -1.97. The van der Waals surface area contributed by atoms with Crippen LogP contribution in [0.5, 0.6) is 0 Å². The minimum atomic E-state index is 0.313. The van der Waals surface area contributed by atoms with Crippen molar-refractivity contribution in [3.05, 3.63) is 0 Å². The van der Waals surface area contributed by atoms with E-state index in [1.54, 1.807) is 0 Å². The molecule has 52 valence electrons. The molecular formula is C6H11NO2. The van der Waals surface area contributed by atoms with Crippen molar-refractivity contribution >= 4 is 5.71 Å². The highest BCUT2D eigenvalue weighted by atomic mass is 16.7. The Morgan fingerprint density at radius 2 is 2.44 bits per heavy atom. The fourth-order valence-electron chi connectivity index (χ4n) is 0.414. The molecule has 0 aromatic rings. The number of ether oxygens (including phenoxy) is 1. The third-order valence-corrected chi connectivity index (χ3v) is 0.910. The third kappa shape index (κ3) is 3.08. The number of hydrogen-bond donors (Lipinski definition) is 0. The minimum Gasteiger partial charge on any atom is -0.393 e. The van der Waals surface area contributed by atoms with Gasteiger partial charge in [-0.05, 0) is 13.8 Å². The summed E-state index contributed by atoms with van der Waals surface area (Å²) in [7, 11) is 0. The lowest BCUT2D eigenvalue weighted by Gasteiger charge is -1.93. The van der Waals surface area contributed by atoms with Crippen molar-refractivity contribution in [3.8, 4) is 0 Å². The normalized spacial score (nSPS) is 23.1. The van der Waals surface area contributed by atoms with E-state index in [9.17, 15) is 0 Å². The molecule has 1 saturated heterocycles. The molecule has 3 heteroatoms. The van der Waals surface area contributed by atoms with Gasteiger partial charge in [-0.2, -0.15) is 0 Å². The fourth-order valence-corrected chi connectivity index (χ4v) is 0.414. The summed E-state index contributed by atoms with van der Waals surface area (Å²) in [5, 5.41) is 3.74. The van der Waals surface area contributed by atoms with E-state index in [1.165, 1.54) is 0 Å². The zero-order valence-electron chi connectivity index (χ0n) is 5.76. The van der Waals surface area contributed by atoms with Crippen LogP contribution in [0.25, 0.3) is 0 Å². The summed E-state index contributed by atoms with van der Waals surface area (Å²) in [6, 6.07) is 0. The number of epoxide rings is 1. The highest BCUT2D eigenvalue weighted by Crippen LogP contribution is 2.08. The maximum Gasteiger partial charge on any atom is 0.145 e. The van der Waals surface area contributed by atoms with Crippen LogP contribution in [0.3, 0.4) is 0 Å². The van der Waals surface area contributed by atoms with Crippen molar-refractivity contribution in [1.29, 1.82) is 0 Å². The van der Waals surface area contributed by atoms with Gasteiger partial charge in [0.1, 0.15) is 12.7 Å². The van der Waals surface area contributed by atoms with Crippen molar-refractivity contribution < 1.29 is 9.57 Å². The van der Waals surface area contributed by atoms with Crippen molar-refractivity contribution in [2.45, 2.75) is 20.0 Å². The Labute approximate surface area is 54.6 Å². The molecule has 1 fully saturated rings. The fraction of sp³-hybridized carbons (Fsp3) is 0.833. The van der Waals surface area contributed by atoms with Crippen LogP contribution >= 0.6 is 0 Å². The van der Waals surface area contributed by atoms with E-state index in [1.807, 2.05) is 13.8 Å². The molecule has 3 nitrogen and oxygen atoms in total. The summed E-state index contributed by atoms with van der Waals surface area (Å²) in [5.74, 6) is 0. The second-order valence-electron chi connectivity index (χ2n) is 2.29. The summed E-state index contributed by atoms with van der Waals surface area (Å²) in [5.41, 5.74) is 0.940. The lowest BCUT2D eigenvalue weighted by atomic mass is 10.5. The van der Waals surface area contributed by atoms with Gasteiger partial charge in [-0.25, -0.2) is 0 Å². The quantitative estimate of drug-likeness (QED) is 0.321. The Bertz CT molecular complexity index is 114. The Hall–Kier alpha value is -0.570. The highest BCUT2D eigenvalue weighted by Gasteiger charge is 2.22. The van der Waals surface area contributed by atoms with Gasteiger partial charge in [-0.3, -0.25) is 0 Å². The monoisotopic (exact) mass is 129 g/mol. The maximum absolute atomic E-state index is 4.90. The molecule has 9 heavy (non-hydrogen) atoms.